The Kier molecular flexibility index (Phi) is 9.99. The number of benzene rings is 2. The Labute approximate surface area is 326 Å². The van der Waals surface area contributed by atoms with Crippen LogP contribution in [0.25, 0.3) is 11.0 Å². The van der Waals surface area contributed by atoms with Gasteiger partial charge in [0.25, 0.3) is 0 Å². The Hall–Kier alpha value is -4.24. The molecule has 1 aromatic heterocycles. The van der Waals surface area contributed by atoms with Crippen LogP contribution in [0.3, 0.4) is 0 Å². The van der Waals surface area contributed by atoms with Crippen molar-refractivity contribution in [3.05, 3.63) is 85.3 Å². The number of carbonyl (C=O) groups excluding carboxylic acids is 3. The maximum atomic E-state index is 15.2. The number of epoxide rings is 1. The Morgan fingerprint density at radius 2 is 1.62 bits per heavy atom. The van der Waals surface area contributed by atoms with Crippen LogP contribution in [0.4, 0.5) is 0 Å². The average molecular weight is 773 g/mol. The first kappa shape index (κ1) is 40.0. The molecule has 4 heterocycles. The zero-order chi connectivity index (χ0) is 40.9. The third-order valence-corrected chi connectivity index (χ3v) is 12.6. The van der Waals surface area contributed by atoms with Crippen LogP contribution in [0.15, 0.2) is 39.6 Å². The van der Waals surface area contributed by atoms with Crippen LogP contribution in [0.2, 0.25) is 0 Å². The molecular formula is C43H52N2O11. The molecular weight excluding hydrogens is 720 g/mol. The SMILES string of the molecule is CC=C[C@@H]1O[C@]1(C)c1cc(=O)c2c(C)cc3c(c2o1)C(=O)c1c(O)c([C@@H]2C[C@](C)(N(C)C)[C@H](OC(C)=O)[C@H](C)O2)cc([C@H]2C[C@@H](N(C)C)[C@H](O)[C@@H](C)O2)c1C3=O. The monoisotopic (exact) mass is 772 g/mol. The molecule has 3 aliphatic heterocycles. The van der Waals surface area contributed by atoms with Crippen LogP contribution in [0.1, 0.15) is 121 Å². The Balaban J connectivity index is 1.47. The first-order valence-electron chi connectivity index (χ1n) is 19.2. The largest absolute Gasteiger partial charge is 0.507 e. The number of phenolic OH excluding ortho intramolecular Hbond substituents is 1. The average Bonchev–Trinajstić information content (AvgIpc) is 3.78. The van der Waals surface area contributed by atoms with E-state index in [4.69, 9.17) is 23.4 Å². The topological polar surface area (TPSA) is 169 Å². The first-order chi connectivity index (χ1) is 26.2. The molecule has 2 aromatic carbocycles. The molecule has 56 heavy (non-hydrogen) atoms. The number of aryl methyl sites for hydroxylation is 1. The number of allylic oxidation sites excluding steroid dienone is 1. The lowest BCUT2D eigenvalue weighted by atomic mass is 9.74. The van der Waals surface area contributed by atoms with E-state index in [1.54, 1.807) is 33.8 Å². The van der Waals surface area contributed by atoms with Crippen molar-refractivity contribution in [2.24, 2.45) is 0 Å². The first-order valence-corrected chi connectivity index (χ1v) is 19.2. The summed E-state index contributed by atoms with van der Waals surface area (Å²) in [6.07, 6.45) is -0.535. The highest BCUT2D eigenvalue weighted by molar-refractivity contribution is 6.33. The number of hydrogen-bond acceptors (Lipinski definition) is 13. The van der Waals surface area contributed by atoms with Crippen molar-refractivity contribution in [1.82, 2.24) is 9.80 Å². The fourth-order valence-electron chi connectivity index (χ4n) is 9.12. The maximum Gasteiger partial charge on any atom is 0.303 e. The van der Waals surface area contributed by atoms with E-state index in [-0.39, 0.29) is 69.5 Å². The molecule has 4 aliphatic rings. The molecule has 0 radical (unpaired) electrons. The molecule has 10 atom stereocenters. The molecule has 7 rings (SSSR count). The summed E-state index contributed by atoms with van der Waals surface area (Å²) in [5.74, 6) is -1.93. The molecule has 0 unspecified atom stereocenters. The Morgan fingerprint density at radius 3 is 2.25 bits per heavy atom. The smallest absolute Gasteiger partial charge is 0.303 e. The standard InChI is InChI=1S/C43H52N2O11/c1-12-13-30-43(7,56-30)31-17-27(47)32-19(2)14-25-34(40(32)55-31)39(51)35-33(38(25)50)23(28-16-26(44(8)9)36(48)20(3)52-28)15-24(37(35)49)29-18-42(6,45(10)11)41(21(4)53-29)54-22(5)46/h12-15,17,20-21,26,28-30,36,41,48-49H,16,18H2,1-11H3/t20-,21+,26-,28-,29+,30+,36-,41-,42+,43+/m1/s1. The van der Waals surface area contributed by atoms with E-state index in [0.29, 0.717) is 11.1 Å². The van der Waals surface area contributed by atoms with Crippen molar-refractivity contribution in [3.8, 4) is 5.75 Å². The van der Waals surface area contributed by atoms with Crippen LogP contribution in [0.5, 0.6) is 5.75 Å². The van der Waals surface area contributed by atoms with Crippen LogP contribution >= 0.6 is 0 Å². The van der Waals surface area contributed by atoms with Crippen LogP contribution in [-0.2, 0) is 29.3 Å². The third kappa shape index (κ3) is 6.14. The summed E-state index contributed by atoms with van der Waals surface area (Å²) in [5, 5.41) is 23.6. The van der Waals surface area contributed by atoms with E-state index in [9.17, 15) is 19.8 Å². The number of rotatable bonds is 7. The van der Waals surface area contributed by atoms with Gasteiger partial charge in [0.1, 0.15) is 29.3 Å². The summed E-state index contributed by atoms with van der Waals surface area (Å²) >= 11 is 0. The molecule has 1 aliphatic carbocycles. The van der Waals surface area contributed by atoms with E-state index in [0.717, 1.165) is 0 Å². The van der Waals surface area contributed by atoms with Gasteiger partial charge in [-0.3, -0.25) is 19.2 Å². The fraction of sp³-hybridized carbons (Fsp3) is 0.535. The van der Waals surface area contributed by atoms with Gasteiger partial charge < -0.3 is 43.4 Å². The number of hydrogen-bond donors (Lipinski definition) is 2. The number of aromatic hydroxyl groups is 1. The van der Waals surface area contributed by atoms with E-state index in [2.05, 4.69) is 0 Å². The lowest BCUT2D eigenvalue weighted by Gasteiger charge is -2.50. The number of nitrogens with zero attached hydrogens (tertiary/aromatic N) is 2. The zero-order valence-corrected chi connectivity index (χ0v) is 33.9. The van der Waals surface area contributed by atoms with Gasteiger partial charge in [0.2, 0.25) is 5.78 Å². The lowest BCUT2D eigenvalue weighted by Crippen LogP contribution is -2.61. The van der Waals surface area contributed by atoms with Gasteiger partial charge >= 0.3 is 5.97 Å². The van der Waals surface area contributed by atoms with Gasteiger partial charge in [0.05, 0.1) is 52.6 Å². The summed E-state index contributed by atoms with van der Waals surface area (Å²) in [6, 6.07) is 4.22. The van der Waals surface area contributed by atoms with Crippen molar-refractivity contribution in [2.75, 3.05) is 28.2 Å². The molecule has 3 fully saturated rings. The molecule has 13 nitrogen and oxygen atoms in total. The lowest BCUT2D eigenvalue weighted by molar-refractivity contribution is -0.201. The summed E-state index contributed by atoms with van der Waals surface area (Å²) in [7, 11) is 7.45. The number of ketones is 2. The quantitative estimate of drug-likeness (QED) is 0.146. The van der Waals surface area contributed by atoms with Gasteiger partial charge in [0.15, 0.2) is 16.8 Å². The number of carbonyl (C=O) groups is 3. The maximum absolute atomic E-state index is 15.2. The number of fused-ring (bicyclic) bond motifs is 4. The minimum Gasteiger partial charge on any atom is -0.507 e. The number of aliphatic hydroxyl groups is 1. The normalized spacial score (nSPS) is 33.0. The van der Waals surface area contributed by atoms with Gasteiger partial charge in [-0.2, -0.15) is 0 Å². The molecule has 0 saturated carbocycles. The molecule has 3 saturated heterocycles. The number of phenols is 1. The molecule has 0 amide bonds. The summed E-state index contributed by atoms with van der Waals surface area (Å²) < 4.78 is 31.1. The number of esters is 1. The Morgan fingerprint density at radius 1 is 0.946 bits per heavy atom. The number of aliphatic hydroxyl groups excluding tert-OH is 1. The van der Waals surface area contributed by atoms with E-state index >= 15 is 9.59 Å². The Bertz CT molecular complexity index is 2240. The third-order valence-electron chi connectivity index (χ3n) is 12.6. The highest BCUT2D eigenvalue weighted by Crippen LogP contribution is 2.51. The summed E-state index contributed by atoms with van der Waals surface area (Å²) in [5.41, 5.74) is -1.48. The van der Waals surface area contributed by atoms with Crippen molar-refractivity contribution in [1.29, 1.82) is 0 Å². The molecule has 300 valence electrons. The summed E-state index contributed by atoms with van der Waals surface area (Å²) in [4.78, 5) is 60.0. The fourth-order valence-corrected chi connectivity index (χ4v) is 9.12. The van der Waals surface area contributed by atoms with Crippen LogP contribution < -0.4 is 5.43 Å². The number of ether oxygens (including phenoxy) is 4. The van der Waals surface area contributed by atoms with E-state index in [1.807, 2.05) is 64.0 Å². The van der Waals surface area contributed by atoms with Gasteiger partial charge in [0, 0.05) is 35.7 Å². The van der Waals surface area contributed by atoms with E-state index in [1.165, 1.54) is 19.1 Å². The van der Waals surface area contributed by atoms with Crippen LogP contribution in [0, 0.1) is 6.92 Å². The minimum atomic E-state index is -0.959. The summed E-state index contributed by atoms with van der Waals surface area (Å²) in [6.45, 7) is 12.2. The van der Waals surface area contributed by atoms with Crippen molar-refractivity contribution >= 4 is 28.5 Å². The number of likely N-dealkylation sites (N-methyl/N-ethyl adjacent to an activating group) is 2. The molecule has 0 spiro atoms. The molecule has 0 bridgehead atoms. The highest BCUT2D eigenvalue weighted by Gasteiger charge is 2.55. The van der Waals surface area contributed by atoms with Crippen LogP contribution in [-0.4, -0.2) is 108 Å². The molecule has 13 heteroatoms. The van der Waals surface area contributed by atoms with Crippen molar-refractivity contribution in [3.63, 3.8) is 0 Å². The van der Waals surface area contributed by atoms with Gasteiger partial charge in [-0.05, 0) is 106 Å². The second-order valence-electron chi connectivity index (χ2n) is 16.7. The predicted octanol–water partition coefficient (Wildman–Crippen LogP) is 5.02. The molecule has 2 N–H and O–H groups in total. The second kappa shape index (κ2) is 14.0. The van der Waals surface area contributed by atoms with Gasteiger partial charge in [-0.15, -0.1) is 0 Å². The zero-order valence-electron chi connectivity index (χ0n) is 33.9. The highest BCUT2D eigenvalue weighted by atomic mass is 16.6. The van der Waals surface area contributed by atoms with Crippen molar-refractivity contribution in [2.45, 2.75) is 121 Å². The second-order valence-corrected chi connectivity index (χ2v) is 16.7. The van der Waals surface area contributed by atoms with Crippen molar-refractivity contribution < 1.29 is 48.0 Å². The van der Waals surface area contributed by atoms with Gasteiger partial charge in [-0.25, -0.2) is 0 Å². The van der Waals surface area contributed by atoms with E-state index < -0.39 is 76.5 Å². The molecule has 3 aromatic rings. The van der Waals surface area contributed by atoms with Gasteiger partial charge in [-0.1, -0.05) is 12.2 Å². The predicted molar refractivity (Wildman–Crippen MR) is 206 cm³/mol. The minimum absolute atomic E-state index is 0.0187.